The standard InChI is InChI=1S/C16H13ClN4O4S/c1-23-11-6-4-3-5-9(11)14-19-12(25-21-14)8-24-15(22)13-10(17)7-18-16(20-13)26-2/h3-7H,8H2,1-2H3. The summed E-state index contributed by atoms with van der Waals surface area (Å²) in [5.41, 5.74) is 0.648. The van der Waals surface area contributed by atoms with Gasteiger partial charge in [0, 0.05) is 0 Å². The van der Waals surface area contributed by atoms with Gasteiger partial charge in [-0.1, -0.05) is 40.7 Å². The van der Waals surface area contributed by atoms with Gasteiger partial charge in [-0.2, -0.15) is 4.98 Å². The van der Waals surface area contributed by atoms with E-state index in [2.05, 4.69) is 20.1 Å². The van der Waals surface area contributed by atoms with Gasteiger partial charge >= 0.3 is 5.97 Å². The van der Waals surface area contributed by atoms with Crippen molar-refractivity contribution in [3.8, 4) is 17.1 Å². The lowest BCUT2D eigenvalue weighted by molar-refractivity contribution is 0.0422. The number of ether oxygens (including phenoxy) is 2. The fraction of sp³-hybridized carbons (Fsp3) is 0.188. The molecule has 1 aromatic carbocycles. The monoisotopic (exact) mass is 392 g/mol. The van der Waals surface area contributed by atoms with Crippen LogP contribution in [-0.2, 0) is 11.3 Å². The minimum absolute atomic E-state index is 0.0181. The van der Waals surface area contributed by atoms with Crippen LogP contribution in [0.15, 0.2) is 40.1 Å². The molecule has 0 radical (unpaired) electrons. The Morgan fingerprint density at radius 3 is 2.88 bits per heavy atom. The smallest absolute Gasteiger partial charge is 0.359 e. The van der Waals surface area contributed by atoms with Gasteiger partial charge < -0.3 is 14.0 Å². The summed E-state index contributed by atoms with van der Waals surface area (Å²) in [6, 6.07) is 7.24. The first-order chi connectivity index (χ1) is 12.6. The quantitative estimate of drug-likeness (QED) is 0.355. The van der Waals surface area contributed by atoms with Crippen LogP contribution in [0.1, 0.15) is 16.4 Å². The van der Waals surface area contributed by atoms with E-state index in [9.17, 15) is 4.79 Å². The first kappa shape index (κ1) is 18.2. The molecule has 0 atom stereocenters. The van der Waals surface area contributed by atoms with Gasteiger partial charge in [0.05, 0.1) is 23.9 Å². The van der Waals surface area contributed by atoms with Crippen LogP contribution in [0.4, 0.5) is 0 Å². The number of esters is 1. The fourth-order valence-corrected chi connectivity index (χ4v) is 2.55. The molecule has 0 aliphatic carbocycles. The molecule has 2 heterocycles. The van der Waals surface area contributed by atoms with Crippen LogP contribution in [0.3, 0.4) is 0 Å². The van der Waals surface area contributed by atoms with Crippen LogP contribution in [0.2, 0.25) is 5.02 Å². The third-order valence-corrected chi connectivity index (χ3v) is 4.08. The number of thioether (sulfide) groups is 1. The Labute approximate surface area is 157 Å². The van der Waals surface area contributed by atoms with Crippen LogP contribution in [-0.4, -0.2) is 39.4 Å². The van der Waals surface area contributed by atoms with E-state index in [1.165, 1.54) is 18.0 Å². The highest BCUT2D eigenvalue weighted by Gasteiger charge is 2.18. The van der Waals surface area contributed by atoms with Crippen LogP contribution in [0, 0.1) is 0 Å². The number of carbonyl (C=O) groups excluding carboxylic acids is 1. The minimum atomic E-state index is -0.704. The summed E-state index contributed by atoms with van der Waals surface area (Å²) in [6.07, 6.45) is 3.14. The summed E-state index contributed by atoms with van der Waals surface area (Å²) in [4.78, 5) is 24.4. The van der Waals surface area contributed by atoms with Crippen LogP contribution in [0.25, 0.3) is 11.4 Å². The molecule has 0 saturated carbocycles. The maximum atomic E-state index is 12.2. The molecule has 0 fully saturated rings. The molecule has 8 nitrogen and oxygen atoms in total. The first-order valence-electron chi connectivity index (χ1n) is 7.32. The normalized spacial score (nSPS) is 10.6. The molecule has 10 heteroatoms. The summed E-state index contributed by atoms with van der Waals surface area (Å²) in [7, 11) is 1.55. The summed E-state index contributed by atoms with van der Waals surface area (Å²) < 4.78 is 15.5. The first-order valence-corrected chi connectivity index (χ1v) is 8.92. The molecular formula is C16H13ClN4O4S. The van der Waals surface area contributed by atoms with Gasteiger partial charge in [-0.25, -0.2) is 14.8 Å². The van der Waals surface area contributed by atoms with Gasteiger partial charge in [-0.3, -0.25) is 0 Å². The molecule has 0 amide bonds. The highest BCUT2D eigenvalue weighted by molar-refractivity contribution is 7.98. The van der Waals surface area contributed by atoms with E-state index >= 15 is 0 Å². The van der Waals surface area contributed by atoms with Crippen LogP contribution in [0.5, 0.6) is 5.75 Å². The van der Waals surface area contributed by atoms with Crippen molar-refractivity contribution in [3.63, 3.8) is 0 Å². The maximum absolute atomic E-state index is 12.2. The fourth-order valence-electron chi connectivity index (χ4n) is 2.04. The number of carbonyl (C=O) groups is 1. The van der Waals surface area contributed by atoms with E-state index in [0.29, 0.717) is 22.3 Å². The van der Waals surface area contributed by atoms with Gasteiger partial charge in [0.15, 0.2) is 17.5 Å². The molecule has 3 aromatic rings. The summed E-state index contributed by atoms with van der Waals surface area (Å²) in [5, 5.41) is 4.40. The topological polar surface area (TPSA) is 100 Å². The molecule has 0 spiro atoms. The predicted molar refractivity (Wildman–Crippen MR) is 94.2 cm³/mol. The van der Waals surface area contributed by atoms with Crippen LogP contribution >= 0.6 is 23.4 Å². The molecule has 0 N–H and O–H groups in total. The van der Waals surface area contributed by atoms with E-state index in [-0.39, 0.29) is 23.2 Å². The predicted octanol–water partition coefficient (Wildman–Crippen LogP) is 3.27. The zero-order valence-corrected chi connectivity index (χ0v) is 15.4. The Hall–Kier alpha value is -2.65. The van der Waals surface area contributed by atoms with Crippen molar-refractivity contribution in [1.29, 1.82) is 0 Å². The second-order valence-corrected chi connectivity index (χ2v) is 6.02. The Balaban J connectivity index is 1.71. The Kier molecular flexibility index (Phi) is 5.69. The number of rotatable bonds is 6. The molecule has 0 saturated heterocycles. The summed E-state index contributed by atoms with van der Waals surface area (Å²) >= 11 is 7.23. The molecule has 26 heavy (non-hydrogen) atoms. The third kappa shape index (κ3) is 3.94. The minimum Gasteiger partial charge on any atom is -0.496 e. The van der Waals surface area contributed by atoms with Gasteiger partial charge in [0.1, 0.15) is 5.75 Å². The Morgan fingerprint density at radius 1 is 1.31 bits per heavy atom. The van der Waals surface area contributed by atoms with Crippen LogP contribution < -0.4 is 4.74 Å². The number of halogens is 1. The second kappa shape index (κ2) is 8.15. The SMILES string of the molecule is COc1ccccc1-c1noc(COC(=O)c2nc(SC)ncc2Cl)n1. The lowest BCUT2D eigenvalue weighted by atomic mass is 10.2. The number of benzene rings is 1. The van der Waals surface area contributed by atoms with Crippen molar-refractivity contribution in [2.24, 2.45) is 0 Å². The number of hydrogen-bond acceptors (Lipinski definition) is 9. The highest BCUT2D eigenvalue weighted by atomic mass is 35.5. The summed E-state index contributed by atoms with van der Waals surface area (Å²) in [6.45, 7) is -0.212. The summed E-state index contributed by atoms with van der Waals surface area (Å²) in [5.74, 6) is 0.367. The number of aromatic nitrogens is 4. The zero-order valence-electron chi connectivity index (χ0n) is 13.8. The van der Waals surface area contributed by atoms with Crippen molar-refractivity contribution in [2.45, 2.75) is 11.8 Å². The van der Waals surface area contributed by atoms with E-state index in [4.69, 9.17) is 25.6 Å². The van der Waals surface area contributed by atoms with Gasteiger partial charge in [-0.05, 0) is 18.4 Å². The van der Waals surface area contributed by atoms with Crippen molar-refractivity contribution in [1.82, 2.24) is 20.1 Å². The number of hydrogen-bond donors (Lipinski definition) is 0. The van der Waals surface area contributed by atoms with E-state index in [1.807, 2.05) is 12.1 Å². The van der Waals surface area contributed by atoms with Crippen molar-refractivity contribution >= 4 is 29.3 Å². The Morgan fingerprint density at radius 2 is 2.12 bits per heavy atom. The molecule has 0 aliphatic heterocycles. The van der Waals surface area contributed by atoms with E-state index < -0.39 is 5.97 Å². The molecule has 134 valence electrons. The van der Waals surface area contributed by atoms with Gasteiger partial charge in [0.2, 0.25) is 5.82 Å². The highest BCUT2D eigenvalue weighted by Crippen LogP contribution is 2.27. The number of nitrogens with zero attached hydrogens (tertiary/aromatic N) is 4. The molecule has 3 rings (SSSR count). The van der Waals surface area contributed by atoms with Gasteiger partial charge in [0.25, 0.3) is 5.89 Å². The zero-order chi connectivity index (χ0) is 18.5. The van der Waals surface area contributed by atoms with Crippen molar-refractivity contribution in [2.75, 3.05) is 13.4 Å². The lowest BCUT2D eigenvalue weighted by Crippen LogP contribution is -2.09. The molecular weight excluding hydrogens is 380 g/mol. The number of para-hydroxylation sites is 1. The largest absolute Gasteiger partial charge is 0.496 e. The van der Waals surface area contributed by atoms with Crippen molar-refractivity contribution < 1.29 is 18.8 Å². The molecule has 0 bridgehead atoms. The Bertz CT molecular complexity index is 934. The maximum Gasteiger partial charge on any atom is 0.359 e. The molecule has 2 aromatic heterocycles. The second-order valence-electron chi connectivity index (χ2n) is 4.84. The van der Waals surface area contributed by atoms with Gasteiger partial charge in [-0.15, -0.1) is 0 Å². The van der Waals surface area contributed by atoms with E-state index in [1.54, 1.807) is 25.5 Å². The molecule has 0 aliphatic rings. The lowest BCUT2D eigenvalue weighted by Gasteiger charge is -2.04. The average molecular weight is 393 g/mol. The third-order valence-electron chi connectivity index (χ3n) is 3.24. The number of methoxy groups -OCH3 is 1. The van der Waals surface area contributed by atoms with E-state index in [0.717, 1.165) is 0 Å². The van der Waals surface area contributed by atoms with Crippen molar-refractivity contribution in [3.05, 3.63) is 47.1 Å². The molecule has 0 unspecified atom stereocenters. The average Bonchev–Trinajstić information content (AvgIpc) is 3.15.